The van der Waals surface area contributed by atoms with Crippen molar-refractivity contribution >= 4 is 22.4 Å². The van der Waals surface area contributed by atoms with E-state index >= 15 is 0 Å². The molecule has 7 heteroatoms. The molecule has 0 saturated heterocycles. The zero-order valence-corrected chi connectivity index (χ0v) is 14.0. The Morgan fingerprint density at radius 2 is 2.14 bits per heavy atom. The average molecular weight is 320 g/mol. The average Bonchev–Trinajstić information content (AvgIpc) is 2.93. The molecule has 2 rings (SSSR count). The van der Waals surface area contributed by atoms with Gasteiger partial charge in [0.2, 0.25) is 5.13 Å². The van der Waals surface area contributed by atoms with Crippen LogP contribution in [0.15, 0.2) is 24.3 Å². The number of nitrogens with one attached hydrogen (secondary N) is 1. The van der Waals surface area contributed by atoms with Crippen LogP contribution in [-0.2, 0) is 5.41 Å². The highest BCUT2D eigenvalue weighted by Crippen LogP contribution is 2.28. The molecular formula is C15H20N4O2S. The monoisotopic (exact) mass is 320 g/mol. The fraction of sp³-hybridized carbons (Fsp3) is 0.467. The quantitative estimate of drug-likeness (QED) is 0.656. The number of hydrogen-bond acceptors (Lipinski definition) is 6. The molecule has 6 nitrogen and oxygen atoms in total. The van der Waals surface area contributed by atoms with E-state index in [1.54, 1.807) is 12.1 Å². The summed E-state index contributed by atoms with van der Waals surface area (Å²) in [5.74, 6) is 0.800. The highest BCUT2D eigenvalue weighted by Gasteiger charge is 2.21. The molecule has 0 radical (unpaired) electrons. The molecule has 0 spiro atoms. The molecule has 1 aromatic carbocycles. The highest BCUT2D eigenvalue weighted by atomic mass is 32.1. The number of benzene rings is 1. The Bertz CT molecular complexity index is 664. The van der Waals surface area contributed by atoms with E-state index in [1.165, 1.54) is 17.6 Å². The second-order valence-corrected chi connectivity index (χ2v) is 6.88. The highest BCUT2D eigenvalue weighted by molar-refractivity contribution is 7.09. The Morgan fingerprint density at radius 1 is 1.41 bits per heavy atom. The summed E-state index contributed by atoms with van der Waals surface area (Å²) in [6, 6.07) is 6.67. The minimum absolute atomic E-state index is 0.0272. The van der Waals surface area contributed by atoms with Gasteiger partial charge >= 0.3 is 0 Å². The van der Waals surface area contributed by atoms with Gasteiger partial charge in [0.05, 0.1) is 11.0 Å². The van der Waals surface area contributed by atoms with Crippen molar-refractivity contribution in [3.05, 3.63) is 45.8 Å². The van der Waals surface area contributed by atoms with Crippen LogP contribution in [0.25, 0.3) is 0 Å². The van der Waals surface area contributed by atoms with E-state index in [-0.39, 0.29) is 22.1 Å². The van der Waals surface area contributed by atoms with Crippen molar-refractivity contribution < 1.29 is 4.92 Å². The minimum atomic E-state index is -0.376. The SMILES string of the molecule is CCC(Nc1nc(C(C)(C)C)ns1)c1cccc([N+](=O)[O-])c1. The molecule has 0 amide bonds. The number of nitro groups is 1. The predicted octanol–water partition coefficient (Wildman–Crippen LogP) is 4.31. The molecule has 22 heavy (non-hydrogen) atoms. The lowest BCUT2D eigenvalue weighted by molar-refractivity contribution is -0.384. The van der Waals surface area contributed by atoms with Crippen LogP contribution < -0.4 is 5.32 Å². The van der Waals surface area contributed by atoms with Crippen molar-refractivity contribution in [1.29, 1.82) is 0 Å². The predicted molar refractivity (Wildman–Crippen MR) is 88.4 cm³/mol. The molecular weight excluding hydrogens is 300 g/mol. The second-order valence-electron chi connectivity index (χ2n) is 6.13. The normalized spacial score (nSPS) is 12.9. The summed E-state index contributed by atoms with van der Waals surface area (Å²) >= 11 is 1.32. The first-order valence-electron chi connectivity index (χ1n) is 7.16. The minimum Gasteiger partial charge on any atom is -0.353 e. The van der Waals surface area contributed by atoms with E-state index in [4.69, 9.17) is 0 Å². The fourth-order valence-electron chi connectivity index (χ4n) is 2.01. The lowest BCUT2D eigenvalue weighted by atomic mass is 9.96. The maximum atomic E-state index is 10.9. The first-order chi connectivity index (χ1) is 10.3. The molecule has 118 valence electrons. The molecule has 0 aliphatic rings. The molecule has 0 fully saturated rings. The lowest BCUT2D eigenvalue weighted by Gasteiger charge is -2.16. The number of anilines is 1. The number of aromatic nitrogens is 2. The molecule has 0 bridgehead atoms. The van der Waals surface area contributed by atoms with Gasteiger partial charge in [0, 0.05) is 29.1 Å². The third kappa shape index (κ3) is 3.79. The summed E-state index contributed by atoms with van der Waals surface area (Å²) in [5, 5.41) is 15.0. The molecule has 0 saturated carbocycles. The molecule has 1 unspecified atom stereocenters. The maximum absolute atomic E-state index is 10.9. The molecule has 0 aliphatic heterocycles. The zero-order valence-electron chi connectivity index (χ0n) is 13.2. The number of nitrogens with zero attached hydrogens (tertiary/aromatic N) is 3. The van der Waals surface area contributed by atoms with Gasteiger partial charge in [-0.25, -0.2) is 4.98 Å². The lowest BCUT2D eigenvalue weighted by Crippen LogP contribution is -2.14. The molecule has 1 heterocycles. The molecule has 0 aliphatic carbocycles. The van der Waals surface area contributed by atoms with E-state index in [9.17, 15) is 10.1 Å². The van der Waals surface area contributed by atoms with Gasteiger partial charge < -0.3 is 5.32 Å². The summed E-state index contributed by atoms with van der Waals surface area (Å²) in [6.45, 7) is 8.23. The van der Waals surface area contributed by atoms with Gasteiger partial charge in [-0.15, -0.1) is 0 Å². The van der Waals surface area contributed by atoms with E-state index in [1.807, 2.05) is 13.0 Å². The Morgan fingerprint density at radius 3 is 2.68 bits per heavy atom. The summed E-state index contributed by atoms with van der Waals surface area (Å²) in [6.07, 6.45) is 0.797. The van der Waals surface area contributed by atoms with Crippen LogP contribution in [-0.4, -0.2) is 14.3 Å². The first kappa shape index (κ1) is 16.4. The largest absolute Gasteiger partial charge is 0.353 e. The van der Waals surface area contributed by atoms with Crippen molar-refractivity contribution in [2.24, 2.45) is 0 Å². The maximum Gasteiger partial charge on any atom is 0.269 e. The van der Waals surface area contributed by atoms with E-state index < -0.39 is 0 Å². The zero-order chi connectivity index (χ0) is 16.3. The number of nitro benzene ring substituents is 1. The third-order valence-electron chi connectivity index (χ3n) is 3.29. The van der Waals surface area contributed by atoms with Crippen LogP contribution >= 0.6 is 11.5 Å². The standard InChI is InChI=1S/C15H20N4O2S/c1-5-12(10-7-6-8-11(9-10)19(20)21)16-14-17-13(18-22-14)15(2,3)4/h6-9,12H,5H2,1-4H3,(H,16,17,18). The Hall–Kier alpha value is -2.02. The van der Waals surface area contributed by atoms with Gasteiger partial charge in [-0.2, -0.15) is 4.37 Å². The number of non-ortho nitro benzene ring substituents is 1. The van der Waals surface area contributed by atoms with Gasteiger partial charge in [-0.3, -0.25) is 10.1 Å². The van der Waals surface area contributed by atoms with Crippen LogP contribution in [0.2, 0.25) is 0 Å². The van der Waals surface area contributed by atoms with E-state index in [0.29, 0.717) is 0 Å². The summed E-state index contributed by atoms with van der Waals surface area (Å²) in [5.41, 5.74) is 0.888. The third-order valence-corrected chi connectivity index (χ3v) is 3.93. The Kier molecular flexibility index (Phi) is 4.75. The summed E-state index contributed by atoms with van der Waals surface area (Å²) < 4.78 is 4.37. The number of rotatable bonds is 5. The van der Waals surface area contributed by atoms with Gasteiger partial charge in [0.15, 0.2) is 0 Å². The van der Waals surface area contributed by atoms with Crippen LogP contribution in [0, 0.1) is 10.1 Å². The van der Waals surface area contributed by atoms with Crippen molar-refractivity contribution in [2.45, 2.75) is 45.6 Å². The second kappa shape index (κ2) is 6.39. The van der Waals surface area contributed by atoms with Crippen LogP contribution in [0.4, 0.5) is 10.8 Å². The van der Waals surface area contributed by atoms with Crippen LogP contribution in [0.3, 0.4) is 0 Å². The van der Waals surface area contributed by atoms with Gasteiger partial charge in [-0.05, 0) is 12.0 Å². The van der Waals surface area contributed by atoms with E-state index in [2.05, 4.69) is 35.4 Å². The molecule has 2 aromatic rings. The Labute approximate surface area is 133 Å². The van der Waals surface area contributed by atoms with Gasteiger partial charge in [-0.1, -0.05) is 39.8 Å². The van der Waals surface area contributed by atoms with Crippen molar-refractivity contribution in [3.63, 3.8) is 0 Å². The number of hydrogen-bond donors (Lipinski definition) is 1. The fourth-order valence-corrected chi connectivity index (χ4v) is 2.82. The summed E-state index contributed by atoms with van der Waals surface area (Å²) in [7, 11) is 0. The van der Waals surface area contributed by atoms with Gasteiger partial charge in [0.1, 0.15) is 5.82 Å². The smallest absolute Gasteiger partial charge is 0.269 e. The van der Waals surface area contributed by atoms with E-state index in [0.717, 1.165) is 22.9 Å². The van der Waals surface area contributed by atoms with Crippen LogP contribution in [0.1, 0.15) is 51.5 Å². The van der Waals surface area contributed by atoms with Crippen molar-refractivity contribution in [1.82, 2.24) is 9.36 Å². The topological polar surface area (TPSA) is 81.0 Å². The van der Waals surface area contributed by atoms with Crippen molar-refractivity contribution in [3.8, 4) is 0 Å². The molecule has 1 N–H and O–H groups in total. The Balaban J connectivity index is 2.20. The molecule has 1 aromatic heterocycles. The molecule has 1 atom stereocenters. The first-order valence-corrected chi connectivity index (χ1v) is 7.93. The van der Waals surface area contributed by atoms with Gasteiger partial charge in [0.25, 0.3) is 5.69 Å². The summed E-state index contributed by atoms with van der Waals surface area (Å²) in [4.78, 5) is 15.0. The van der Waals surface area contributed by atoms with Crippen LogP contribution in [0.5, 0.6) is 0 Å². The van der Waals surface area contributed by atoms with Crippen molar-refractivity contribution in [2.75, 3.05) is 5.32 Å².